The Kier molecular flexibility index (Phi) is 4.24. The van der Waals surface area contributed by atoms with Gasteiger partial charge in [0.05, 0.1) is 9.40 Å². The fourth-order valence-corrected chi connectivity index (χ4v) is 2.81. The number of nitro groups is 1. The van der Waals surface area contributed by atoms with Crippen molar-refractivity contribution in [2.75, 3.05) is 18.0 Å². The summed E-state index contributed by atoms with van der Waals surface area (Å²) in [6.45, 7) is 4.73. The Labute approximate surface area is 123 Å². The largest absolute Gasteiger partial charge is 0.363 e. The van der Waals surface area contributed by atoms with Crippen molar-refractivity contribution < 1.29 is 13.7 Å². The molecule has 1 aromatic carbocycles. The van der Waals surface area contributed by atoms with Crippen LogP contribution in [0.15, 0.2) is 10.5 Å². The lowest BCUT2D eigenvalue weighted by Crippen LogP contribution is -2.54. The first kappa shape index (κ1) is 15.1. The summed E-state index contributed by atoms with van der Waals surface area (Å²) in [6.07, 6.45) is 0. The summed E-state index contributed by atoms with van der Waals surface area (Å²) < 4.78 is 27.1. The van der Waals surface area contributed by atoms with Crippen molar-refractivity contribution in [2.45, 2.75) is 25.9 Å². The van der Waals surface area contributed by atoms with Crippen LogP contribution in [0.2, 0.25) is 0 Å². The topological polar surface area (TPSA) is 58.4 Å². The zero-order valence-electron chi connectivity index (χ0n) is 11.0. The molecule has 0 radical (unpaired) electrons. The second-order valence-corrected chi connectivity index (χ2v) is 5.78. The molecular formula is C12H14BrF2N3O2. The third-order valence-electron chi connectivity index (χ3n) is 3.20. The Hall–Kier alpha value is -1.28. The van der Waals surface area contributed by atoms with Crippen molar-refractivity contribution in [3.63, 3.8) is 0 Å². The van der Waals surface area contributed by atoms with Gasteiger partial charge in [0.15, 0.2) is 0 Å². The Bertz CT molecular complexity index is 546. The first-order valence-electron chi connectivity index (χ1n) is 6.14. The first-order chi connectivity index (χ1) is 9.31. The maximum Gasteiger partial charge on any atom is 0.329 e. The Morgan fingerprint density at radius 2 is 1.95 bits per heavy atom. The minimum absolute atomic E-state index is 0.0200. The molecule has 1 aromatic rings. The normalized spacial score (nSPS) is 22.9. The molecule has 110 valence electrons. The molecule has 2 unspecified atom stereocenters. The van der Waals surface area contributed by atoms with Crippen molar-refractivity contribution in [1.29, 1.82) is 0 Å². The smallest absolute Gasteiger partial charge is 0.329 e. The average Bonchev–Trinajstić information content (AvgIpc) is 2.33. The van der Waals surface area contributed by atoms with E-state index >= 15 is 0 Å². The maximum absolute atomic E-state index is 14.0. The van der Waals surface area contributed by atoms with Crippen molar-refractivity contribution in [1.82, 2.24) is 5.32 Å². The number of nitrogens with zero attached hydrogens (tertiary/aromatic N) is 2. The van der Waals surface area contributed by atoms with Crippen molar-refractivity contribution in [3.8, 4) is 0 Å². The standard InChI is InChI=1S/C12H14BrF2N3O2/c1-6-4-17(5-7(2)16-6)9-3-8(14)10(13)11(15)12(9)18(19)20/h3,6-7,16H,4-5H2,1-2H3. The highest BCUT2D eigenvalue weighted by atomic mass is 79.9. The molecule has 1 aliphatic heterocycles. The molecule has 20 heavy (non-hydrogen) atoms. The predicted molar refractivity (Wildman–Crippen MR) is 75.0 cm³/mol. The van der Waals surface area contributed by atoms with Gasteiger partial charge in [-0.2, -0.15) is 4.39 Å². The zero-order valence-corrected chi connectivity index (χ0v) is 12.6. The van der Waals surface area contributed by atoms with Gasteiger partial charge >= 0.3 is 5.69 Å². The molecule has 1 heterocycles. The Morgan fingerprint density at radius 1 is 1.40 bits per heavy atom. The van der Waals surface area contributed by atoms with Crippen LogP contribution in [-0.2, 0) is 0 Å². The first-order valence-corrected chi connectivity index (χ1v) is 6.93. The van der Waals surface area contributed by atoms with E-state index < -0.39 is 26.7 Å². The molecule has 0 spiro atoms. The van der Waals surface area contributed by atoms with Crippen LogP contribution >= 0.6 is 15.9 Å². The minimum Gasteiger partial charge on any atom is -0.363 e. The monoisotopic (exact) mass is 349 g/mol. The van der Waals surface area contributed by atoms with E-state index in [9.17, 15) is 18.9 Å². The number of hydrogen-bond donors (Lipinski definition) is 1. The van der Waals surface area contributed by atoms with E-state index in [-0.39, 0.29) is 17.8 Å². The second-order valence-electron chi connectivity index (χ2n) is 4.98. The van der Waals surface area contributed by atoms with Crippen LogP contribution < -0.4 is 10.2 Å². The number of rotatable bonds is 2. The third-order valence-corrected chi connectivity index (χ3v) is 3.92. The SMILES string of the molecule is CC1CN(c2cc(F)c(Br)c(F)c2[N+](=O)[O-])CC(C)N1. The van der Waals surface area contributed by atoms with Crippen LogP contribution in [0.5, 0.6) is 0 Å². The van der Waals surface area contributed by atoms with Crippen molar-refractivity contribution in [2.24, 2.45) is 0 Å². The highest BCUT2D eigenvalue weighted by Gasteiger charge is 2.32. The number of benzene rings is 1. The van der Waals surface area contributed by atoms with E-state index in [1.54, 1.807) is 4.90 Å². The molecule has 8 heteroatoms. The van der Waals surface area contributed by atoms with Gasteiger partial charge in [0, 0.05) is 31.2 Å². The van der Waals surface area contributed by atoms with Gasteiger partial charge in [0.1, 0.15) is 11.5 Å². The van der Waals surface area contributed by atoms with Crippen LogP contribution in [0.3, 0.4) is 0 Å². The fraction of sp³-hybridized carbons (Fsp3) is 0.500. The lowest BCUT2D eigenvalue weighted by Gasteiger charge is -2.37. The van der Waals surface area contributed by atoms with E-state index in [1.807, 2.05) is 13.8 Å². The van der Waals surface area contributed by atoms with E-state index in [0.29, 0.717) is 13.1 Å². The summed E-state index contributed by atoms with van der Waals surface area (Å²) >= 11 is 2.69. The van der Waals surface area contributed by atoms with E-state index in [2.05, 4.69) is 21.2 Å². The highest BCUT2D eigenvalue weighted by Crippen LogP contribution is 2.37. The molecule has 2 rings (SSSR count). The second kappa shape index (κ2) is 5.61. The van der Waals surface area contributed by atoms with Crippen molar-refractivity contribution >= 4 is 27.3 Å². The van der Waals surface area contributed by atoms with E-state index in [0.717, 1.165) is 6.07 Å². The summed E-state index contributed by atoms with van der Waals surface area (Å²) in [5.41, 5.74) is -0.715. The summed E-state index contributed by atoms with van der Waals surface area (Å²) in [5.74, 6) is -2.02. The molecular weight excluding hydrogens is 336 g/mol. The van der Waals surface area contributed by atoms with Gasteiger partial charge in [0.25, 0.3) is 0 Å². The number of piperazine rings is 1. The molecule has 0 bridgehead atoms. The van der Waals surface area contributed by atoms with E-state index in [4.69, 9.17) is 0 Å². The van der Waals surface area contributed by atoms with Gasteiger partial charge in [-0.25, -0.2) is 4.39 Å². The molecule has 2 atom stereocenters. The molecule has 1 N–H and O–H groups in total. The number of nitrogens with one attached hydrogen (secondary N) is 1. The molecule has 0 aromatic heterocycles. The molecule has 1 saturated heterocycles. The quantitative estimate of drug-likeness (QED) is 0.506. The van der Waals surface area contributed by atoms with Gasteiger partial charge in [0.2, 0.25) is 5.82 Å². The van der Waals surface area contributed by atoms with Crippen LogP contribution in [0, 0.1) is 21.7 Å². The Balaban J connectivity index is 2.52. The molecule has 0 saturated carbocycles. The van der Waals surface area contributed by atoms with Crippen LogP contribution in [0.1, 0.15) is 13.8 Å². The van der Waals surface area contributed by atoms with Crippen LogP contribution in [0.25, 0.3) is 0 Å². The van der Waals surface area contributed by atoms with E-state index in [1.165, 1.54) is 0 Å². The number of halogens is 3. The van der Waals surface area contributed by atoms with Gasteiger partial charge in [-0.05, 0) is 29.8 Å². The van der Waals surface area contributed by atoms with Gasteiger partial charge in [-0.1, -0.05) is 0 Å². The van der Waals surface area contributed by atoms with Gasteiger partial charge < -0.3 is 10.2 Å². The summed E-state index contributed by atoms with van der Waals surface area (Å²) in [4.78, 5) is 11.9. The summed E-state index contributed by atoms with van der Waals surface area (Å²) in [5, 5.41) is 14.4. The fourth-order valence-electron chi connectivity index (χ4n) is 2.51. The zero-order chi connectivity index (χ0) is 15.0. The Morgan fingerprint density at radius 3 is 2.45 bits per heavy atom. The number of hydrogen-bond acceptors (Lipinski definition) is 4. The number of nitro benzene ring substituents is 1. The minimum atomic E-state index is -1.18. The summed E-state index contributed by atoms with van der Waals surface area (Å²) in [6, 6.07) is 1.16. The molecule has 0 aliphatic carbocycles. The van der Waals surface area contributed by atoms with Crippen LogP contribution in [-0.4, -0.2) is 30.1 Å². The maximum atomic E-state index is 14.0. The number of anilines is 1. The summed E-state index contributed by atoms with van der Waals surface area (Å²) in [7, 11) is 0. The lowest BCUT2D eigenvalue weighted by molar-refractivity contribution is -0.386. The third kappa shape index (κ3) is 2.76. The average molecular weight is 350 g/mol. The lowest BCUT2D eigenvalue weighted by atomic mass is 10.1. The van der Waals surface area contributed by atoms with Crippen LogP contribution in [0.4, 0.5) is 20.2 Å². The molecule has 1 fully saturated rings. The molecule has 0 amide bonds. The molecule has 1 aliphatic rings. The molecule has 5 nitrogen and oxygen atoms in total. The van der Waals surface area contributed by atoms with Gasteiger partial charge in [-0.15, -0.1) is 0 Å². The van der Waals surface area contributed by atoms with Gasteiger partial charge in [-0.3, -0.25) is 10.1 Å². The predicted octanol–water partition coefficient (Wildman–Crippen LogP) is 2.82. The highest BCUT2D eigenvalue weighted by molar-refractivity contribution is 9.10. The van der Waals surface area contributed by atoms with Crippen molar-refractivity contribution in [3.05, 3.63) is 32.3 Å².